The predicted octanol–water partition coefficient (Wildman–Crippen LogP) is 2.95. The van der Waals surface area contributed by atoms with Crippen molar-refractivity contribution in [1.29, 1.82) is 0 Å². The van der Waals surface area contributed by atoms with Crippen LogP contribution >= 0.6 is 23.7 Å². The first-order chi connectivity index (χ1) is 15.3. The van der Waals surface area contributed by atoms with Crippen molar-refractivity contribution < 1.29 is 23.4 Å². The molecule has 1 fully saturated rings. The number of carbonyl (C=O) groups is 1. The fourth-order valence-electron chi connectivity index (χ4n) is 4.07. The molecule has 2 aliphatic heterocycles. The number of fused-ring (bicyclic) bond motifs is 2. The molecule has 8 nitrogen and oxygen atoms in total. The topological polar surface area (TPSA) is 97.5 Å². The number of halogens is 3. The molecule has 33 heavy (non-hydrogen) atoms. The van der Waals surface area contributed by atoms with Gasteiger partial charge in [-0.3, -0.25) is 9.59 Å². The molecule has 5 rings (SSSR count). The second kappa shape index (κ2) is 8.81. The first-order valence-electron chi connectivity index (χ1n) is 10.0. The molecule has 1 amide bonds. The van der Waals surface area contributed by atoms with E-state index in [1.165, 1.54) is 16.8 Å². The van der Waals surface area contributed by atoms with Gasteiger partial charge in [0.1, 0.15) is 16.6 Å². The van der Waals surface area contributed by atoms with Gasteiger partial charge in [0.15, 0.2) is 22.7 Å². The van der Waals surface area contributed by atoms with E-state index in [1.807, 2.05) is 6.92 Å². The van der Waals surface area contributed by atoms with Crippen molar-refractivity contribution in [2.45, 2.75) is 38.6 Å². The van der Waals surface area contributed by atoms with Crippen LogP contribution in [-0.4, -0.2) is 49.6 Å². The zero-order valence-corrected chi connectivity index (χ0v) is 19.0. The highest BCUT2D eigenvalue weighted by atomic mass is 35.5. The van der Waals surface area contributed by atoms with Gasteiger partial charge in [-0.15, -0.1) is 22.6 Å². The van der Waals surface area contributed by atoms with E-state index in [2.05, 4.69) is 10.2 Å². The molecule has 174 valence electrons. The summed E-state index contributed by atoms with van der Waals surface area (Å²) in [6, 6.07) is 3.21. The van der Waals surface area contributed by atoms with Crippen molar-refractivity contribution in [2.75, 3.05) is 6.61 Å². The number of aromatic hydroxyl groups is 1. The third-order valence-electron chi connectivity index (χ3n) is 5.73. The number of benzene rings is 1. The average Bonchev–Trinajstić information content (AvgIpc) is 3.21. The Balaban J connectivity index is 0.00000259. The molecule has 2 atom stereocenters. The fourth-order valence-corrected chi connectivity index (χ4v) is 4.94. The van der Waals surface area contributed by atoms with Gasteiger partial charge in [0.2, 0.25) is 5.43 Å². The number of carbonyl (C=O) groups excluding carboxylic acids is 1. The first kappa shape index (κ1) is 23.3. The maximum Gasteiger partial charge on any atom is 0.276 e. The summed E-state index contributed by atoms with van der Waals surface area (Å²) in [7, 11) is 0. The highest BCUT2D eigenvalue weighted by Gasteiger charge is 2.40. The summed E-state index contributed by atoms with van der Waals surface area (Å²) in [5.41, 5.74) is -0.484. The normalized spacial score (nSPS) is 19.6. The van der Waals surface area contributed by atoms with E-state index < -0.39 is 34.9 Å². The minimum Gasteiger partial charge on any atom is -0.503 e. The van der Waals surface area contributed by atoms with Gasteiger partial charge in [0.05, 0.1) is 18.7 Å². The Bertz CT molecular complexity index is 1300. The Morgan fingerprint density at radius 3 is 2.82 bits per heavy atom. The molecule has 12 heteroatoms. The maximum absolute atomic E-state index is 14.0. The second-order valence-corrected chi connectivity index (χ2v) is 8.87. The molecule has 2 aliphatic rings. The van der Waals surface area contributed by atoms with Gasteiger partial charge in [-0.2, -0.15) is 0 Å². The fraction of sp³-hybridized carbons (Fsp3) is 0.333. The van der Waals surface area contributed by atoms with E-state index in [4.69, 9.17) is 4.74 Å². The molecular formula is C21H19ClF2N4O4S. The minimum absolute atomic E-state index is 0. The third-order valence-corrected chi connectivity index (χ3v) is 6.69. The van der Waals surface area contributed by atoms with E-state index >= 15 is 0 Å². The molecule has 1 N–H and O–H groups in total. The van der Waals surface area contributed by atoms with Gasteiger partial charge in [0.25, 0.3) is 5.91 Å². The minimum atomic E-state index is -0.732. The number of hydrogen-bond donors (Lipinski definition) is 1. The van der Waals surface area contributed by atoms with Crippen LogP contribution < -0.4 is 5.43 Å². The first-order valence-corrected chi connectivity index (χ1v) is 10.8. The quantitative estimate of drug-likeness (QED) is 0.599. The molecule has 0 unspecified atom stereocenters. The van der Waals surface area contributed by atoms with Crippen LogP contribution in [0.3, 0.4) is 0 Å². The summed E-state index contributed by atoms with van der Waals surface area (Å²) in [6.07, 6.45) is 1.73. The predicted molar refractivity (Wildman–Crippen MR) is 118 cm³/mol. The van der Waals surface area contributed by atoms with Crippen LogP contribution in [0.1, 0.15) is 34.4 Å². The Morgan fingerprint density at radius 2 is 2.06 bits per heavy atom. The van der Waals surface area contributed by atoms with Crippen LogP contribution in [-0.2, 0) is 17.7 Å². The van der Waals surface area contributed by atoms with Crippen molar-refractivity contribution in [2.24, 2.45) is 0 Å². The van der Waals surface area contributed by atoms with Gasteiger partial charge < -0.3 is 19.3 Å². The van der Waals surface area contributed by atoms with Crippen molar-refractivity contribution >= 4 is 29.7 Å². The molecule has 0 spiro atoms. The zero-order chi connectivity index (χ0) is 22.6. The van der Waals surface area contributed by atoms with Gasteiger partial charge in [0, 0.05) is 24.7 Å². The monoisotopic (exact) mass is 496 g/mol. The third kappa shape index (κ3) is 4.00. The molecular weight excluding hydrogens is 478 g/mol. The lowest BCUT2D eigenvalue weighted by atomic mass is 10.1. The SMILES string of the molecule is C[C@@H]1CCO[C@H]2Cn3cc(-c4nnc(Cc5ccc(F)cc5F)s4)c(=O)c(O)c3C(=O)N12.Cl. The molecule has 1 saturated heterocycles. The van der Waals surface area contributed by atoms with Crippen LogP contribution in [0.4, 0.5) is 8.78 Å². The highest BCUT2D eigenvalue weighted by Crippen LogP contribution is 2.32. The lowest BCUT2D eigenvalue weighted by Gasteiger charge is -2.44. The summed E-state index contributed by atoms with van der Waals surface area (Å²) >= 11 is 1.06. The van der Waals surface area contributed by atoms with Crippen molar-refractivity contribution in [3.63, 3.8) is 0 Å². The van der Waals surface area contributed by atoms with Crippen LogP contribution in [0.25, 0.3) is 10.6 Å². The number of rotatable bonds is 3. The summed E-state index contributed by atoms with van der Waals surface area (Å²) in [5.74, 6) is -2.48. The van der Waals surface area contributed by atoms with E-state index in [0.717, 1.165) is 23.5 Å². The molecule has 0 bridgehead atoms. The Labute approximate surface area is 196 Å². The summed E-state index contributed by atoms with van der Waals surface area (Å²) < 4.78 is 34.3. The van der Waals surface area contributed by atoms with Gasteiger partial charge in [-0.05, 0) is 25.0 Å². The lowest BCUT2D eigenvalue weighted by molar-refractivity contribution is -0.112. The molecule has 0 saturated carbocycles. The average molecular weight is 497 g/mol. The largest absolute Gasteiger partial charge is 0.503 e. The second-order valence-electron chi connectivity index (χ2n) is 7.81. The van der Waals surface area contributed by atoms with Crippen molar-refractivity contribution in [3.8, 4) is 16.3 Å². The number of hydrogen-bond acceptors (Lipinski definition) is 7. The van der Waals surface area contributed by atoms with Crippen molar-refractivity contribution in [3.05, 3.63) is 62.5 Å². The number of nitrogens with zero attached hydrogens (tertiary/aromatic N) is 4. The molecule has 3 aromatic rings. The Hall–Kier alpha value is -2.89. The van der Waals surface area contributed by atoms with E-state index in [-0.39, 0.29) is 53.2 Å². The molecule has 2 aromatic heterocycles. The zero-order valence-electron chi connectivity index (χ0n) is 17.3. The van der Waals surface area contributed by atoms with Crippen LogP contribution in [0, 0.1) is 11.6 Å². The van der Waals surface area contributed by atoms with Crippen LogP contribution in [0.2, 0.25) is 0 Å². The summed E-state index contributed by atoms with van der Waals surface area (Å²) in [6.45, 7) is 2.68. The molecule has 0 radical (unpaired) electrons. The van der Waals surface area contributed by atoms with E-state index in [9.17, 15) is 23.5 Å². The number of aromatic nitrogens is 3. The Morgan fingerprint density at radius 1 is 1.27 bits per heavy atom. The number of ether oxygens (including phenoxy) is 1. The molecule has 1 aromatic carbocycles. The molecule has 4 heterocycles. The van der Waals surface area contributed by atoms with Gasteiger partial charge >= 0.3 is 0 Å². The van der Waals surface area contributed by atoms with Crippen LogP contribution in [0.15, 0.2) is 29.2 Å². The Kier molecular flexibility index (Phi) is 6.21. The van der Waals surface area contributed by atoms with Crippen molar-refractivity contribution in [1.82, 2.24) is 19.7 Å². The van der Waals surface area contributed by atoms with Crippen LogP contribution in [0.5, 0.6) is 5.75 Å². The van der Waals surface area contributed by atoms with Gasteiger partial charge in [-0.25, -0.2) is 8.78 Å². The van der Waals surface area contributed by atoms with E-state index in [1.54, 1.807) is 4.90 Å². The van der Waals surface area contributed by atoms with Gasteiger partial charge in [-0.1, -0.05) is 17.4 Å². The number of pyridine rings is 1. The lowest BCUT2D eigenvalue weighted by Crippen LogP contribution is -2.56. The standard InChI is InChI=1S/C21H18F2N4O4S.ClH/c1-10-4-5-31-16-9-26-8-13(18(28)19(29)17(26)21(30)27(10)16)20-25-24-15(32-20)6-11-2-3-12(22)7-14(11)23;/h2-3,7-8,10,16,29H,4-6,9H2,1H3;1H/t10-,16+;/m1./s1. The van der Waals surface area contributed by atoms with E-state index in [0.29, 0.717) is 18.0 Å². The summed E-state index contributed by atoms with van der Waals surface area (Å²) in [4.78, 5) is 27.4. The number of amides is 1. The maximum atomic E-state index is 14.0. The molecule has 0 aliphatic carbocycles. The summed E-state index contributed by atoms with van der Waals surface area (Å²) in [5, 5.41) is 19.2. The highest BCUT2D eigenvalue weighted by molar-refractivity contribution is 7.14. The smallest absolute Gasteiger partial charge is 0.276 e.